The number of hydrogen-bond donors (Lipinski definition) is 1. The molecule has 0 atom stereocenters. The minimum Gasteiger partial charge on any atom is -0.324 e. The summed E-state index contributed by atoms with van der Waals surface area (Å²) < 4.78 is 1.87. The average molecular weight is 460 g/mol. The van der Waals surface area contributed by atoms with Crippen LogP contribution in [0.1, 0.15) is 24.8 Å². The number of carbonyl (C=O) groups is 1. The number of pyridine rings is 1. The predicted molar refractivity (Wildman–Crippen MR) is 131 cm³/mol. The van der Waals surface area contributed by atoms with Gasteiger partial charge in [0.1, 0.15) is 5.01 Å². The number of benzene rings is 1. The van der Waals surface area contributed by atoms with Gasteiger partial charge in [-0.05, 0) is 31.4 Å². The van der Waals surface area contributed by atoms with E-state index in [-0.39, 0.29) is 18.4 Å². The second-order valence-electron chi connectivity index (χ2n) is 7.68. The van der Waals surface area contributed by atoms with E-state index in [0.717, 1.165) is 37.1 Å². The van der Waals surface area contributed by atoms with Crippen LogP contribution in [0.25, 0.3) is 32.2 Å². The smallest absolute Gasteiger partial charge is 0.229 e. The number of hydrogen-bond acceptors (Lipinski definition) is 6. The molecule has 0 bridgehead atoms. The van der Waals surface area contributed by atoms with E-state index in [1.807, 2.05) is 58.6 Å². The SMILES string of the molecule is CC(C)n1ncc2cc(NC(=O)Cc3sc(-c4ccccc4)nc3-c3cccs3)cnc21. The molecule has 1 aromatic carbocycles. The molecule has 0 aliphatic carbocycles. The fraction of sp³-hybridized carbons (Fsp3) is 0.167. The van der Waals surface area contributed by atoms with Crippen molar-refractivity contribution in [3.05, 3.63) is 71.2 Å². The van der Waals surface area contributed by atoms with Crippen LogP contribution in [0.15, 0.2) is 66.3 Å². The van der Waals surface area contributed by atoms with E-state index >= 15 is 0 Å². The van der Waals surface area contributed by atoms with E-state index in [4.69, 9.17) is 4.98 Å². The number of amides is 1. The van der Waals surface area contributed by atoms with E-state index in [1.165, 1.54) is 0 Å². The quantitative estimate of drug-likeness (QED) is 0.336. The van der Waals surface area contributed by atoms with Crippen LogP contribution in [0.4, 0.5) is 5.69 Å². The zero-order chi connectivity index (χ0) is 22.1. The van der Waals surface area contributed by atoms with E-state index < -0.39 is 0 Å². The van der Waals surface area contributed by atoms with Crippen LogP contribution in [0.3, 0.4) is 0 Å². The third-order valence-electron chi connectivity index (χ3n) is 5.00. The molecule has 32 heavy (non-hydrogen) atoms. The molecule has 1 amide bonds. The maximum absolute atomic E-state index is 12.9. The van der Waals surface area contributed by atoms with Gasteiger partial charge in [-0.25, -0.2) is 14.6 Å². The molecule has 0 fully saturated rings. The van der Waals surface area contributed by atoms with Crippen LogP contribution < -0.4 is 5.32 Å². The topological polar surface area (TPSA) is 72.7 Å². The highest BCUT2D eigenvalue weighted by molar-refractivity contribution is 7.17. The molecule has 0 radical (unpaired) electrons. The Bertz CT molecular complexity index is 1370. The molecule has 4 aromatic heterocycles. The van der Waals surface area contributed by atoms with Crippen molar-refractivity contribution < 1.29 is 4.79 Å². The second-order valence-corrected chi connectivity index (χ2v) is 9.71. The van der Waals surface area contributed by atoms with Crippen molar-refractivity contribution >= 4 is 45.3 Å². The highest BCUT2D eigenvalue weighted by Crippen LogP contribution is 2.36. The van der Waals surface area contributed by atoms with E-state index in [2.05, 4.69) is 29.2 Å². The summed E-state index contributed by atoms with van der Waals surface area (Å²) in [6.07, 6.45) is 3.71. The van der Waals surface area contributed by atoms with E-state index in [9.17, 15) is 4.79 Å². The number of nitrogens with one attached hydrogen (secondary N) is 1. The van der Waals surface area contributed by atoms with Crippen molar-refractivity contribution in [2.24, 2.45) is 0 Å². The first-order valence-corrected chi connectivity index (χ1v) is 12.0. The molecule has 1 N–H and O–H groups in total. The van der Waals surface area contributed by atoms with Gasteiger partial charge in [-0.1, -0.05) is 36.4 Å². The van der Waals surface area contributed by atoms with Crippen molar-refractivity contribution in [2.75, 3.05) is 5.32 Å². The summed E-state index contributed by atoms with van der Waals surface area (Å²) in [6.45, 7) is 4.13. The zero-order valence-electron chi connectivity index (χ0n) is 17.6. The summed E-state index contributed by atoms with van der Waals surface area (Å²) >= 11 is 3.19. The van der Waals surface area contributed by atoms with Crippen LogP contribution >= 0.6 is 22.7 Å². The standard InChI is InChI=1S/C24H21N5OS2/c1-15(2)29-23-17(13-26-29)11-18(14-25-23)27-21(30)12-20-22(19-9-6-10-31-19)28-24(32-20)16-7-4-3-5-8-16/h3-11,13-15H,12H2,1-2H3,(H,27,30). The zero-order valence-corrected chi connectivity index (χ0v) is 19.3. The van der Waals surface area contributed by atoms with Crippen LogP contribution in [0.5, 0.6) is 0 Å². The number of anilines is 1. The highest BCUT2D eigenvalue weighted by Gasteiger charge is 2.18. The van der Waals surface area contributed by atoms with Crippen LogP contribution in [0.2, 0.25) is 0 Å². The molecule has 6 nitrogen and oxygen atoms in total. The minimum atomic E-state index is -0.0940. The second kappa shape index (κ2) is 8.64. The molecular weight excluding hydrogens is 438 g/mol. The molecule has 0 saturated carbocycles. The monoisotopic (exact) mass is 459 g/mol. The van der Waals surface area contributed by atoms with Crippen LogP contribution in [0, 0.1) is 0 Å². The summed E-state index contributed by atoms with van der Waals surface area (Å²) in [5, 5.41) is 11.2. The number of aromatic nitrogens is 4. The number of thiophene rings is 1. The Morgan fingerprint density at radius 3 is 2.72 bits per heavy atom. The predicted octanol–water partition coefficient (Wildman–Crippen LogP) is 6.05. The van der Waals surface area contributed by atoms with Gasteiger partial charge in [0.2, 0.25) is 5.91 Å². The number of nitrogens with zero attached hydrogens (tertiary/aromatic N) is 4. The summed E-state index contributed by atoms with van der Waals surface area (Å²) in [7, 11) is 0. The summed E-state index contributed by atoms with van der Waals surface area (Å²) in [4.78, 5) is 24.3. The van der Waals surface area contributed by atoms with Gasteiger partial charge in [0.25, 0.3) is 0 Å². The molecule has 4 heterocycles. The van der Waals surface area contributed by atoms with Crippen molar-refractivity contribution in [3.63, 3.8) is 0 Å². The lowest BCUT2D eigenvalue weighted by molar-refractivity contribution is -0.115. The molecular formula is C24H21N5OS2. The Balaban J connectivity index is 1.40. The largest absolute Gasteiger partial charge is 0.324 e. The maximum Gasteiger partial charge on any atom is 0.229 e. The average Bonchev–Trinajstić information content (AvgIpc) is 3.53. The van der Waals surface area contributed by atoms with Crippen LogP contribution in [-0.4, -0.2) is 25.7 Å². The van der Waals surface area contributed by atoms with Crippen molar-refractivity contribution in [3.8, 4) is 21.1 Å². The lowest BCUT2D eigenvalue weighted by atomic mass is 10.2. The van der Waals surface area contributed by atoms with Crippen LogP contribution in [-0.2, 0) is 11.2 Å². The Labute approximate surface area is 193 Å². The number of carbonyl (C=O) groups excluding carboxylic acids is 1. The Morgan fingerprint density at radius 2 is 1.97 bits per heavy atom. The molecule has 5 aromatic rings. The fourth-order valence-corrected chi connectivity index (χ4v) is 5.40. The van der Waals surface area contributed by atoms with Crippen molar-refractivity contribution in [1.29, 1.82) is 0 Å². The summed E-state index contributed by atoms with van der Waals surface area (Å²) in [6, 6.07) is 16.2. The Kier molecular flexibility index (Phi) is 5.55. The first-order chi connectivity index (χ1) is 15.6. The summed E-state index contributed by atoms with van der Waals surface area (Å²) in [5.41, 5.74) is 3.41. The molecule has 0 unspecified atom stereocenters. The third-order valence-corrected chi connectivity index (χ3v) is 6.98. The maximum atomic E-state index is 12.9. The molecule has 0 aliphatic heterocycles. The van der Waals surface area contributed by atoms with E-state index in [0.29, 0.717) is 5.69 Å². The van der Waals surface area contributed by atoms with E-state index in [1.54, 1.807) is 35.1 Å². The van der Waals surface area contributed by atoms with Gasteiger partial charge in [-0.2, -0.15) is 5.10 Å². The highest BCUT2D eigenvalue weighted by atomic mass is 32.1. The number of rotatable bonds is 6. The lowest BCUT2D eigenvalue weighted by Crippen LogP contribution is -2.14. The molecule has 0 aliphatic rings. The minimum absolute atomic E-state index is 0.0940. The van der Waals surface area contributed by atoms with Crippen molar-refractivity contribution in [1.82, 2.24) is 19.7 Å². The van der Waals surface area contributed by atoms with Gasteiger partial charge in [-0.15, -0.1) is 22.7 Å². The van der Waals surface area contributed by atoms with Gasteiger partial charge >= 0.3 is 0 Å². The molecule has 0 saturated heterocycles. The lowest BCUT2D eigenvalue weighted by Gasteiger charge is -2.07. The first-order valence-electron chi connectivity index (χ1n) is 10.3. The normalized spacial score (nSPS) is 11.3. The van der Waals surface area contributed by atoms with Gasteiger partial charge in [0.15, 0.2) is 5.65 Å². The molecule has 160 valence electrons. The fourth-order valence-electron chi connectivity index (χ4n) is 3.52. The van der Waals surface area contributed by atoms with Gasteiger partial charge in [0, 0.05) is 21.9 Å². The van der Waals surface area contributed by atoms with Crippen molar-refractivity contribution in [2.45, 2.75) is 26.3 Å². The Morgan fingerprint density at radius 1 is 1.12 bits per heavy atom. The molecule has 8 heteroatoms. The Hall–Kier alpha value is -3.36. The third kappa shape index (κ3) is 4.06. The molecule has 5 rings (SSSR count). The van der Waals surface area contributed by atoms with Gasteiger partial charge in [-0.3, -0.25) is 4.79 Å². The van der Waals surface area contributed by atoms with Gasteiger partial charge < -0.3 is 5.32 Å². The van der Waals surface area contributed by atoms with Gasteiger partial charge in [0.05, 0.1) is 35.1 Å². The first kappa shape index (κ1) is 20.5. The summed E-state index contributed by atoms with van der Waals surface area (Å²) in [5.74, 6) is -0.0940. The number of thiazole rings is 1. The molecule has 0 spiro atoms. The number of fused-ring (bicyclic) bond motifs is 1.